The third kappa shape index (κ3) is 4.31. The number of aryl methyl sites for hydroxylation is 1. The molecule has 0 fully saturated rings. The Bertz CT molecular complexity index is 414. The van der Waals surface area contributed by atoms with Crippen LogP contribution < -0.4 is 0 Å². The molecule has 0 amide bonds. The fraction of sp³-hybridized carbons (Fsp3) is 0.538. The Labute approximate surface area is 119 Å². The van der Waals surface area contributed by atoms with E-state index in [2.05, 4.69) is 0 Å². The van der Waals surface area contributed by atoms with Gasteiger partial charge in [0, 0.05) is 19.6 Å². The van der Waals surface area contributed by atoms with Crippen LogP contribution in [0.15, 0.2) is 12.1 Å². The van der Waals surface area contributed by atoms with Crippen LogP contribution in [0.5, 0.6) is 0 Å². The standard InChI is InChI=1S/C13H19F3O3Si/c1-3-17-13(19-20,18-4-2)6-5-9-7-10(14)12(16)11(15)8-9/h7-8H,3-6H2,1-2,20H3. The van der Waals surface area contributed by atoms with Crippen molar-refractivity contribution in [3.05, 3.63) is 35.1 Å². The molecule has 3 nitrogen and oxygen atoms in total. The van der Waals surface area contributed by atoms with Gasteiger partial charge in [0.1, 0.15) is 0 Å². The fourth-order valence-corrected chi connectivity index (χ4v) is 2.34. The first kappa shape index (κ1) is 17.2. The summed E-state index contributed by atoms with van der Waals surface area (Å²) in [6.45, 7) is 4.36. The largest absolute Gasteiger partial charge is 0.380 e. The summed E-state index contributed by atoms with van der Waals surface area (Å²) < 4.78 is 55.4. The molecule has 0 unspecified atom stereocenters. The maximum atomic E-state index is 13.1. The number of ether oxygens (including phenoxy) is 2. The fourth-order valence-electron chi connectivity index (χ4n) is 1.90. The number of rotatable bonds is 8. The second kappa shape index (κ2) is 7.77. The van der Waals surface area contributed by atoms with Crippen molar-refractivity contribution in [2.75, 3.05) is 13.2 Å². The highest BCUT2D eigenvalue weighted by Gasteiger charge is 2.30. The monoisotopic (exact) mass is 308 g/mol. The lowest BCUT2D eigenvalue weighted by molar-refractivity contribution is -0.343. The van der Waals surface area contributed by atoms with Gasteiger partial charge in [0.2, 0.25) is 0 Å². The normalized spacial score (nSPS) is 12.1. The molecule has 0 heterocycles. The quantitative estimate of drug-likeness (QED) is 0.418. The molecule has 7 heteroatoms. The van der Waals surface area contributed by atoms with Gasteiger partial charge >= 0.3 is 0 Å². The molecule has 0 aliphatic rings. The second-order valence-electron chi connectivity index (χ2n) is 4.13. The highest BCUT2D eigenvalue weighted by Crippen LogP contribution is 2.23. The molecule has 0 saturated heterocycles. The highest BCUT2D eigenvalue weighted by molar-refractivity contribution is 5.98. The Morgan fingerprint density at radius 1 is 1.05 bits per heavy atom. The maximum absolute atomic E-state index is 13.1. The van der Waals surface area contributed by atoms with Crippen molar-refractivity contribution < 1.29 is 27.1 Å². The van der Waals surface area contributed by atoms with E-state index in [9.17, 15) is 13.2 Å². The van der Waals surface area contributed by atoms with Gasteiger partial charge in [-0.25, -0.2) is 13.2 Å². The summed E-state index contributed by atoms with van der Waals surface area (Å²) in [6, 6.07) is 1.93. The molecule has 1 rings (SSSR count). The van der Waals surface area contributed by atoms with E-state index in [1.165, 1.54) is 0 Å². The van der Waals surface area contributed by atoms with Gasteiger partial charge in [-0.15, -0.1) is 0 Å². The molecule has 1 aromatic rings. The van der Waals surface area contributed by atoms with Gasteiger partial charge in [-0.2, -0.15) is 0 Å². The van der Waals surface area contributed by atoms with Crippen LogP contribution in [-0.4, -0.2) is 29.7 Å². The van der Waals surface area contributed by atoms with Gasteiger partial charge in [0.15, 0.2) is 27.9 Å². The van der Waals surface area contributed by atoms with Crippen LogP contribution in [0.4, 0.5) is 13.2 Å². The number of hydrogen-bond acceptors (Lipinski definition) is 3. The molecular formula is C13H19F3O3Si. The molecule has 0 aliphatic heterocycles. The third-order valence-electron chi connectivity index (χ3n) is 2.80. The van der Waals surface area contributed by atoms with E-state index in [4.69, 9.17) is 13.9 Å². The SMILES string of the molecule is CCOC(CCc1cc(F)c(F)c(F)c1)(O[SiH3])OCC. The van der Waals surface area contributed by atoms with E-state index >= 15 is 0 Å². The first-order valence-corrected chi connectivity index (χ1v) is 7.26. The van der Waals surface area contributed by atoms with Crippen molar-refractivity contribution >= 4 is 10.5 Å². The van der Waals surface area contributed by atoms with Crippen LogP contribution >= 0.6 is 0 Å². The summed E-state index contributed by atoms with van der Waals surface area (Å²) in [5, 5.41) is 0. The summed E-state index contributed by atoms with van der Waals surface area (Å²) in [5.41, 5.74) is 0.323. The summed E-state index contributed by atoms with van der Waals surface area (Å²) in [4.78, 5) is 0. The Hall–Kier alpha value is -0.893. The Kier molecular flexibility index (Phi) is 6.67. The molecule has 0 radical (unpaired) electrons. The zero-order valence-corrected chi connectivity index (χ0v) is 13.8. The van der Waals surface area contributed by atoms with Crippen molar-refractivity contribution in [2.45, 2.75) is 32.7 Å². The van der Waals surface area contributed by atoms with Gasteiger partial charge in [-0.3, -0.25) is 0 Å². The molecule has 0 aliphatic carbocycles. The van der Waals surface area contributed by atoms with Gasteiger partial charge in [0.25, 0.3) is 5.97 Å². The Morgan fingerprint density at radius 2 is 1.55 bits per heavy atom. The van der Waals surface area contributed by atoms with Crippen LogP contribution in [0.2, 0.25) is 0 Å². The zero-order valence-electron chi connectivity index (χ0n) is 11.8. The predicted octanol–water partition coefficient (Wildman–Crippen LogP) is 2.06. The molecule has 0 atom stereocenters. The van der Waals surface area contributed by atoms with Crippen molar-refractivity contribution in [3.8, 4) is 0 Å². The summed E-state index contributed by atoms with van der Waals surface area (Å²) in [7, 11) is 0.388. The molecular weight excluding hydrogens is 289 g/mol. The topological polar surface area (TPSA) is 27.7 Å². The zero-order chi connectivity index (χ0) is 15.2. The van der Waals surface area contributed by atoms with Gasteiger partial charge in [-0.05, 0) is 38.0 Å². The first-order valence-electron chi connectivity index (χ1n) is 6.44. The van der Waals surface area contributed by atoms with E-state index in [-0.39, 0.29) is 12.8 Å². The molecule has 0 spiro atoms. The third-order valence-corrected chi connectivity index (χ3v) is 3.42. The first-order chi connectivity index (χ1) is 9.48. The van der Waals surface area contributed by atoms with Crippen LogP contribution in [0.3, 0.4) is 0 Å². The van der Waals surface area contributed by atoms with Crippen molar-refractivity contribution in [3.63, 3.8) is 0 Å². The Morgan fingerprint density at radius 3 is 1.95 bits per heavy atom. The minimum absolute atomic E-state index is 0.246. The minimum Gasteiger partial charge on any atom is -0.380 e. The molecule has 20 heavy (non-hydrogen) atoms. The lowest BCUT2D eigenvalue weighted by atomic mass is 10.1. The summed E-state index contributed by atoms with van der Waals surface area (Å²) >= 11 is 0. The van der Waals surface area contributed by atoms with Gasteiger partial charge in [-0.1, -0.05) is 0 Å². The average molecular weight is 308 g/mol. The van der Waals surface area contributed by atoms with Gasteiger partial charge < -0.3 is 13.9 Å². The van der Waals surface area contributed by atoms with E-state index in [0.717, 1.165) is 12.1 Å². The predicted molar refractivity (Wildman–Crippen MR) is 71.6 cm³/mol. The summed E-state index contributed by atoms with van der Waals surface area (Å²) in [6.07, 6.45) is 0.513. The lowest BCUT2D eigenvalue weighted by Gasteiger charge is -2.32. The van der Waals surface area contributed by atoms with E-state index in [0.29, 0.717) is 29.3 Å². The molecule has 114 valence electrons. The molecule has 0 bridgehead atoms. The van der Waals surface area contributed by atoms with Crippen LogP contribution in [-0.2, 0) is 20.3 Å². The number of halogens is 3. The lowest BCUT2D eigenvalue weighted by Crippen LogP contribution is -2.39. The van der Waals surface area contributed by atoms with Crippen LogP contribution in [0, 0.1) is 17.5 Å². The van der Waals surface area contributed by atoms with Crippen LogP contribution in [0.1, 0.15) is 25.8 Å². The molecule has 1 aromatic carbocycles. The number of benzene rings is 1. The smallest absolute Gasteiger partial charge is 0.272 e. The molecule has 0 N–H and O–H groups in total. The summed E-state index contributed by atoms with van der Waals surface area (Å²) in [5.74, 6) is -5.07. The van der Waals surface area contributed by atoms with Crippen molar-refractivity contribution in [1.82, 2.24) is 0 Å². The second-order valence-corrected chi connectivity index (χ2v) is 4.53. The number of hydrogen-bond donors (Lipinski definition) is 0. The highest BCUT2D eigenvalue weighted by atomic mass is 28.2. The van der Waals surface area contributed by atoms with E-state index in [1.807, 2.05) is 0 Å². The molecule has 0 aromatic heterocycles. The Balaban J connectivity index is 2.81. The van der Waals surface area contributed by atoms with Crippen molar-refractivity contribution in [1.29, 1.82) is 0 Å². The van der Waals surface area contributed by atoms with E-state index < -0.39 is 23.4 Å². The van der Waals surface area contributed by atoms with E-state index in [1.54, 1.807) is 13.8 Å². The minimum atomic E-state index is -1.46. The van der Waals surface area contributed by atoms with Gasteiger partial charge in [0.05, 0.1) is 0 Å². The van der Waals surface area contributed by atoms with Crippen molar-refractivity contribution in [2.24, 2.45) is 0 Å². The van der Waals surface area contributed by atoms with Crippen LogP contribution in [0.25, 0.3) is 0 Å². The average Bonchev–Trinajstić information content (AvgIpc) is 2.42. The molecule has 0 saturated carbocycles. The maximum Gasteiger partial charge on any atom is 0.272 e.